The molecule has 1 aromatic carbocycles. The first-order chi connectivity index (χ1) is 13.6. The first kappa shape index (κ1) is 20.2. The summed E-state index contributed by atoms with van der Waals surface area (Å²) in [5.41, 5.74) is 8.56. The van der Waals surface area contributed by atoms with Crippen LogP contribution in [0, 0.1) is 6.92 Å². The predicted octanol–water partition coefficient (Wildman–Crippen LogP) is 3.06. The number of nitrogens with two attached hydrogens (primary N) is 1. The van der Waals surface area contributed by atoms with E-state index in [1.54, 1.807) is 23.7 Å². The summed E-state index contributed by atoms with van der Waals surface area (Å²) in [6, 6.07) is 7.16. The van der Waals surface area contributed by atoms with Crippen LogP contribution >= 0.6 is 11.3 Å². The fourth-order valence-electron chi connectivity index (χ4n) is 2.59. The number of urea groups is 1. The summed E-state index contributed by atoms with van der Waals surface area (Å²) in [6.07, 6.45) is 4.22. The van der Waals surface area contributed by atoms with Gasteiger partial charge in [-0.25, -0.2) is 9.78 Å². The molecular weight excluding hydrogens is 376 g/mol. The minimum atomic E-state index is -0.330. The van der Waals surface area contributed by atoms with Crippen molar-refractivity contribution >= 4 is 39.0 Å². The first-order valence-electron chi connectivity index (χ1n) is 9.01. The van der Waals surface area contributed by atoms with E-state index in [2.05, 4.69) is 25.9 Å². The van der Waals surface area contributed by atoms with Gasteiger partial charge < -0.3 is 21.1 Å². The van der Waals surface area contributed by atoms with Crippen molar-refractivity contribution in [3.05, 3.63) is 47.2 Å². The maximum atomic E-state index is 12.3. The van der Waals surface area contributed by atoms with Crippen molar-refractivity contribution in [2.24, 2.45) is 5.73 Å². The average molecular weight is 401 g/mol. The van der Waals surface area contributed by atoms with Crippen molar-refractivity contribution < 1.29 is 9.53 Å². The van der Waals surface area contributed by atoms with Crippen LogP contribution in [0.5, 0.6) is 0 Å². The minimum Gasteiger partial charge on any atom is -0.362 e. The first-order valence-corrected chi connectivity index (χ1v) is 9.83. The predicted molar refractivity (Wildman–Crippen MR) is 113 cm³/mol. The Hall–Kier alpha value is -2.59. The number of carbonyl (C=O) groups is 1. The summed E-state index contributed by atoms with van der Waals surface area (Å²) in [6.45, 7) is 4.29. The second-order valence-electron chi connectivity index (χ2n) is 6.21. The van der Waals surface area contributed by atoms with Crippen LogP contribution < -0.4 is 21.7 Å². The van der Waals surface area contributed by atoms with Crippen molar-refractivity contribution in [1.82, 2.24) is 15.3 Å². The zero-order valence-electron chi connectivity index (χ0n) is 15.7. The SMILES string of the molecule is Cc1nc2ccc(NC(=O)Nc3cncc(COCNCCCN)c3)cc2s1. The zero-order chi connectivity index (χ0) is 19.8. The third-order valence-electron chi connectivity index (χ3n) is 3.84. The van der Waals surface area contributed by atoms with Gasteiger partial charge in [0.1, 0.15) is 0 Å². The highest BCUT2D eigenvalue weighted by Crippen LogP contribution is 2.24. The number of thiazole rings is 1. The van der Waals surface area contributed by atoms with Gasteiger partial charge in [0.25, 0.3) is 0 Å². The maximum absolute atomic E-state index is 12.3. The summed E-state index contributed by atoms with van der Waals surface area (Å²) in [7, 11) is 0. The molecule has 3 aromatic rings. The van der Waals surface area contributed by atoms with Gasteiger partial charge in [0.05, 0.1) is 40.4 Å². The number of hydrogen-bond acceptors (Lipinski definition) is 7. The Kier molecular flexibility index (Phi) is 7.26. The van der Waals surface area contributed by atoms with E-state index in [1.165, 1.54) is 0 Å². The lowest BCUT2D eigenvalue weighted by molar-refractivity contribution is 0.103. The summed E-state index contributed by atoms with van der Waals surface area (Å²) < 4.78 is 6.58. The smallest absolute Gasteiger partial charge is 0.323 e. The quantitative estimate of drug-likeness (QED) is 0.324. The maximum Gasteiger partial charge on any atom is 0.323 e. The fraction of sp³-hybridized carbons (Fsp3) is 0.316. The molecule has 0 atom stereocenters. The van der Waals surface area contributed by atoms with Crippen LogP contribution in [-0.2, 0) is 11.3 Å². The molecule has 0 spiro atoms. The Morgan fingerprint density at radius 1 is 1.21 bits per heavy atom. The molecule has 0 aliphatic rings. The number of hydrogen-bond donors (Lipinski definition) is 4. The van der Waals surface area contributed by atoms with Crippen molar-refractivity contribution in [2.75, 3.05) is 30.5 Å². The lowest BCUT2D eigenvalue weighted by Crippen LogP contribution is -2.21. The van der Waals surface area contributed by atoms with E-state index in [-0.39, 0.29) is 6.03 Å². The molecule has 0 aliphatic heterocycles. The number of nitrogens with one attached hydrogen (secondary N) is 3. The molecule has 0 saturated carbocycles. The van der Waals surface area contributed by atoms with Gasteiger partial charge in [0.2, 0.25) is 0 Å². The number of ether oxygens (including phenoxy) is 1. The number of fused-ring (bicyclic) bond motifs is 1. The summed E-state index contributed by atoms with van der Waals surface area (Å²) in [5, 5.41) is 9.76. The molecule has 0 radical (unpaired) electrons. The summed E-state index contributed by atoms with van der Waals surface area (Å²) in [5.74, 6) is 0. The second-order valence-corrected chi connectivity index (χ2v) is 7.45. The monoisotopic (exact) mass is 400 g/mol. The second kappa shape index (κ2) is 10.1. The van der Waals surface area contributed by atoms with Crippen LogP contribution in [0.25, 0.3) is 10.2 Å². The number of carbonyl (C=O) groups excluding carboxylic acids is 1. The molecule has 2 heterocycles. The number of benzene rings is 1. The molecule has 8 nitrogen and oxygen atoms in total. The molecule has 148 valence electrons. The summed E-state index contributed by atoms with van der Waals surface area (Å²) >= 11 is 1.59. The van der Waals surface area contributed by atoms with Gasteiger partial charge in [-0.05, 0) is 56.3 Å². The van der Waals surface area contributed by atoms with Gasteiger partial charge in [0, 0.05) is 11.9 Å². The van der Waals surface area contributed by atoms with E-state index in [0.29, 0.717) is 31.3 Å². The molecule has 9 heteroatoms. The van der Waals surface area contributed by atoms with Gasteiger partial charge in [-0.2, -0.15) is 0 Å². The van der Waals surface area contributed by atoms with Gasteiger partial charge in [-0.3, -0.25) is 10.3 Å². The highest BCUT2D eigenvalue weighted by molar-refractivity contribution is 7.18. The highest BCUT2D eigenvalue weighted by Gasteiger charge is 2.07. The topological polar surface area (TPSA) is 114 Å². The van der Waals surface area contributed by atoms with Gasteiger partial charge in [0.15, 0.2) is 0 Å². The Balaban J connectivity index is 1.50. The molecule has 28 heavy (non-hydrogen) atoms. The number of amides is 2. The Morgan fingerprint density at radius 3 is 2.93 bits per heavy atom. The van der Waals surface area contributed by atoms with E-state index in [9.17, 15) is 4.79 Å². The average Bonchev–Trinajstić information content (AvgIpc) is 3.04. The summed E-state index contributed by atoms with van der Waals surface area (Å²) in [4.78, 5) is 20.8. The van der Waals surface area contributed by atoms with Crippen LogP contribution in [0.15, 0.2) is 36.7 Å². The molecule has 0 aliphatic carbocycles. The van der Waals surface area contributed by atoms with Crippen LogP contribution in [-0.4, -0.2) is 35.8 Å². The number of aryl methyl sites for hydroxylation is 1. The molecule has 2 aromatic heterocycles. The molecule has 2 amide bonds. The molecule has 0 bridgehead atoms. The number of aromatic nitrogens is 2. The molecular formula is C19H24N6O2S. The molecule has 0 saturated heterocycles. The number of pyridine rings is 1. The van der Waals surface area contributed by atoms with Crippen LogP contribution in [0.3, 0.4) is 0 Å². The van der Waals surface area contributed by atoms with E-state index in [4.69, 9.17) is 10.5 Å². The minimum absolute atomic E-state index is 0.330. The highest BCUT2D eigenvalue weighted by atomic mass is 32.1. The zero-order valence-corrected chi connectivity index (χ0v) is 16.5. The van der Waals surface area contributed by atoms with Gasteiger partial charge >= 0.3 is 6.03 Å². The van der Waals surface area contributed by atoms with Crippen molar-refractivity contribution in [1.29, 1.82) is 0 Å². The van der Waals surface area contributed by atoms with Crippen molar-refractivity contribution in [2.45, 2.75) is 20.0 Å². The lowest BCUT2D eigenvalue weighted by atomic mass is 10.3. The number of nitrogens with zero attached hydrogens (tertiary/aromatic N) is 2. The number of anilines is 2. The van der Waals surface area contributed by atoms with E-state index >= 15 is 0 Å². The normalized spacial score (nSPS) is 10.9. The van der Waals surface area contributed by atoms with Gasteiger partial charge in [-0.1, -0.05) is 0 Å². The fourth-order valence-corrected chi connectivity index (χ4v) is 3.45. The van der Waals surface area contributed by atoms with E-state index in [1.807, 2.05) is 31.2 Å². The van der Waals surface area contributed by atoms with Crippen LogP contribution in [0.4, 0.5) is 16.2 Å². The molecule has 0 unspecified atom stereocenters. The largest absolute Gasteiger partial charge is 0.362 e. The lowest BCUT2D eigenvalue weighted by Gasteiger charge is -2.09. The molecule has 5 N–H and O–H groups in total. The third-order valence-corrected chi connectivity index (χ3v) is 4.77. The van der Waals surface area contributed by atoms with Crippen molar-refractivity contribution in [3.8, 4) is 0 Å². The standard InChI is InChI=1S/C19H24N6O2S/c1-13-23-17-4-3-15(8-18(17)28-13)24-19(26)25-16-7-14(9-22-10-16)11-27-12-21-6-2-5-20/h3-4,7-10,21H,2,5-6,11-12,20H2,1H3,(H2,24,25,26). The Labute approximate surface area is 167 Å². The third kappa shape index (κ3) is 5.96. The molecule has 0 fully saturated rings. The van der Waals surface area contributed by atoms with Crippen molar-refractivity contribution in [3.63, 3.8) is 0 Å². The van der Waals surface area contributed by atoms with Gasteiger partial charge in [-0.15, -0.1) is 11.3 Å². The van der Waals surface area contributed by atoms with Crippen LogP contribution in [0.1, 0.15) is 17.0 Å². The molecule has 3 rings (SSSR count). The van der Waals surface area contributed by atoms with E-state index in [0.717, 1.165) is 33.8 Å². The Bertz CT molecular complexity index is 930. The van der Waals surface area contributed by atoms with E-state index < -0.39 is 0 Å². The number of rotatable bonds is 9. The Morgan fingerprint density at radius 2 is 2.07 bits per heavy atom. The van der Waals surface area contributed by atoms with Crippen LogP contribution in [0.2, 0.25) is 0 Å².